The molecule has 0 heterocycles. The highest BCUT2D eigenvalue weighted by molar-refractivity contribution is 6.39. The van der Waals surface area contributed by atoms with Crippen molar-refractivity contribution < 1.29 is 9.59 Å². The molecule has 0 bridgehead atoms. The van der Waals surface area contributed by atoms with Crippen LogP contribution in [0.5, 0.6) is 0 Å². The van der Waals surface area contributed by atoms with Crippen molar-refractivity contribution in [1.29, 1.82) is 0 Å². The predicted octanol–water partition coefficient (Wildman–Crippen LogP) is 4.39. The molecule has 0 saturated heterocycles. The quantitative estimate of drug-likeness (QED) is 0.239. The number of benzene rings is 4. The lowest BCUT2D eigenvalue weighted by Gasteiger charge is -2.08. The first-order chi connectivity index (χ1) is 14.1. The smallest absolute Gasteiger partial charge is 0.318 e. The molecular formula is C24H19N3O2. The lowest BCUT2D eigenvalue weighted by Crippen LogP contribution is -2.32. The van der Waals surface area contributed by atoms with Gasteiger partial charge in [0.2, 0.25) is 0 Å². The number of carbonyl (C=O) groups is 2. The van der Waals surface area contributed by atoms with Crippen molar-refractivity contribution in [3.8, 4) is 0 Å². The first kappa shape index (κ1) is 18.4. The van der Waals surface area contributed by atoms with Crippen molar-refractivity contribution in [1.82, 2.24) is 5.43 Å². The molecule has 2 amide bonds. The molecule has 0 aliphatic carbocycles. The second-order valence-corrected chi connectivity index (χ2v) is 6.75. The molecule has 0 saturated carbocycles. The van der Waals surface area contributed by atoms with Crippen LogP contribution in [0.15, 0.2) is 84.0 Å². The van der Waals surface area contributed by atoms with Gasteiger partial charge in [0.1, 0.15) is 0 Å². The standard InChI is InChI=1S/C24H19N3O2/c1-16-10-12-19(13-11-16)26-23(28)24(29)27-25-15-22-20-8-4-2-6-17(20)14-18-7-3-5-9-21(18)22/h2-15H,1H3,(H,26,28)(H,27,29)/b25-15-. The Morgan fingerprint density at radius 3 is 2.00 bits per heavy atom. The fraction of sp³-hybridized carbons (Fsp3) is 0.0417. The minimum absolute atomic E-state index is 0.555. The molecule has 5 nitrogen and oxygen atoms in total. The molecular weight excluding hydrogens is 362 g/mol. The number of hydrogen-bond acceptors (Lipinski definition) is 3. The second kappa shape index (κ2) is 7.94. The lowest BCUT2D eigenvalue weighted by molar-refractivity contribution is -0.136. The normalized spacial score (nSPS) is 11.1. The maximum Gasteiger partial charge on any atom is 0.329 e. The number of anilines is 1. The fourth-order valence-electron chi connectivity index (χ4n) is 3.22. The van der Waals surface area contributed by atoms with Gasteiger partial charge in [0.25, 0.3) is 0 Å². The van der Waals surface area contributed by atoms with E-state index in [2.05, 4.69) is 21.9 Å². The number of fused-ring (bicyclic) bond motifs is 2. The molecule has 0 radical (unpaired) electrons. The van der Waals surface area contributed by atoms with Gasteiger partial charge in [-0.25, -0.2) is 5.43 Å². The molecule has 0 unspecified atom stereocenters. The summed E-state index contributed by atoms with van der Waals surface area (Å²) < 4.78 is 0. The molecule has 0 aromatic heterocycles. The molecule has 4 rings (SSSR count). The molecule has 4 aromatic carbocycles. The van der Waals surface area contributed by atoms with Crippen LogP contribution in [0.2, 0.25) is 0 Å². The van der Waals surface area contributed by atoms with Gasteiger partial charge >= 0.3 is 11.8 Å². The lowest BCUT2D eigenvalue weighted by atomic mass is 9.97. The summed E-state index contributed by atoms with van der Waals surface area (Å²) in [5.74, 6) is -1.60. The number of carbonyl (C=O) groups excluding carboxylic acids is 2. The summed E-state index contributed by atoms with van der Waals surface area (Å²) in [6.07, 6.45) is 1.59. The third kappa shape index (κ3) is 3.99. The third-order valence-electron chi connectivity index (χ3n) is 4.69. The molecule has 0 atom stereocenters. The van der Waals surface area contributed by atoms with Crippen molar-refractivity contribution in [2.24, 2.45) is 5.10 Å². The monoisotopic (exact) mass is 381 g/mol. The summed E-state index contributed by atoms with van der Waals surface area (Å²) in [5.41, 5.74) is 4.82. The molecule has 0 aliphatic rings. The number of amides is 2. The van der Waals surface area contributed by atoms with E-state index in [9.17, 15) is 9.59 Å². The van der Waals surface area contributed by atoms with E-state index in [0.29, 0.717) is 5.69 Å². The average Bonchev–Trinajstić information content (AvgIpc) is 2.74. The van der Waals surface area contributed by atoms with E-state index in [0.717, 1.165) is 32.7 Å². The number of rotatable bonds is 3. The van der Waals surface area contributed by atoms with Crippen LogP contribution in [-0.2, 0) is 9.59 Å². The van der Waals surface area contributed by atoms with Gasteiger partial charge in [0.05, 0.1) is 6.21 Å². The van der Waals surface area contributed by atoms with Crippen LogP contribution in [0.3, 0.4) is 0 Å². The molecule has 4 aromatic rings. The van der Waals surface area contributed by atoms with E-state index in [-0.39, 0.29) is 0 Å². The van der Waals surface area contributed by atoms with Gasteiger partial charge in [0, 0.05) is 11.3 Å². The highest BCUT2D eigenvalue weighted by Gasteiger charge is 2.13. The van der Waals surface area contributed by atoms with Crippen LogP contribution in [0.25, 0.3) is 21.5 Å². The van der Waals surface area contributed by atoms with E-state index in [4.69, 9.17) is 0 Å². The predicted molar refractivity (Wildman–Crippen MR) is 117 cm³/mol. The van der Waals surface area contributed by atoms with Crippen LogP contribution < -0.4 is 10.7 Å². The summed E-state index contributed by atoms with van der Waals surface area (Å²) in [6, 6.07) is 25.3. The summed E-state index contributed by atoms with van der Waals surface area (Å²) in [5, 5.41) is 10.8. The van der Waals surface area contributed by atoms with Crippen LogP contribution in [0, 0.1) is 6.92 Å². The Balaban J connectivity index is 1.55. The van der Waals surface area contributed by atoms with Gasteiger partial charge in [-0.15, -0.1) is 0 Å². The summed E-state index contributed by atoms with van der Waals surface area (Å²) >= 11 is 0. The number of aryl methyl sites for hydroxylation is 1. The third-order valence-corrected chi connectivity index (χ3v) is 4.69. The van der Waals surface area contributed by atoms with Gasteiger partial charge in [-0.2, -0.15) is 5.10 Å². The van der Waals surface area contributed by atoms with Crippen molar-refractivity contribution in [2.45, 2.75) is 6.92 Å². The Morgan fingerprint density at radius 2 is 1.38 bits per heavy atom. The molecule has 0 spiro atoms. The Kier molecular flexibility index (Phi) is 5.03. The Morgan fingerprint density at radius 1 is 0.793 bits per heavy atom. The minimum atomic E-state index is -0.827. The summed E-state index contributed by atoms with van der Waals surface area (Å²) in [4.78, 5) is 24.2. The van der Waals surface area contributed by atoms with E-state index in [1.54, 1.807) is 18.3 Å². The maximum absolute atomic E-state index is 12.1. The molecule has 0 aliphatic heterocycles. The SMILES string of the molecule is Cc1ccc(NC(=O)C(=O)N/N=C\c2c3ccccc3cc3ccccc23)cc1. The number of nitrogens with zero attached hydrogens (tertiary/aromatic N) is 1. The van der Waals surface area contributed by atoms with E-state index >= 15 is 0 Å². The molecule has 142 valence electrons. The zero-order valence-corrected chi connectivity index (χ0v) is 15.8. The molecule has 2 N–H and O–H groups in total. The van der Waals surface area contributed by atoms with Crippen LogP contribution in [-0.4, -0.2) is 18.0 Å². The Labute approximate surface area is 168 Å². The first-order valence-corrected chi connectivity index (χ1v) is 9.23. The first-order valence-electron chi connectivity index (χ1n) is 9.23. The van der Waals surface area contributed by atoms with Gasteiger partial charge in [-0.3, -0.25) is 9.59 Å². The Hall–Kier alpha value is -3.99. The highest BCUT2D eigenvalue weighted by Crippen LogP contribution is 2.27. The molecule has 5 heteroatoms. The van der Waals surface area contributed by atoms with Crippen LogP contribution in [0.4, 0.5) is 5.69 Å². The second-order valence-electron chi connectivity index (χ2n) is 6.75. The van der Waals surface area contributed by atoms with Crippen LogP contribution in [0.1, 0.15) is 11.1 Å². The molecule has 29 heavy (non-hydrogen) atoms. The van der Waals surface area contributed by atoms with Gasteiger partial charge in [-0.1, -0.05) is 66.2 Å². The number of nitrogens with one attached hydrogen (secondary N) is 2. The molecule has 0 fully saturated rings. The summed E-state index contributed by atoms with van der Waals surface area (Å²) in [7, 11) is 0. The highest BCUT2D eigenvalue weighted by atomic mass is 16.2. The zero-order chi connectivity index (χ0) is 20.2. The van der Waals surface area contributed by atoms with E-state index in [1.807, 2.05) is 67.6 Å². The number of hydrogen-bond donors (Lipinski definition) is 2. The maximum atomic E-state index is 12.1. The van der Waals surface area contributed by atoms with Crippen molar-refractivity contribution in [2.75, 3.05) is 5.32 Å². The summed E-state index contributed by atoms with van der Waals surface area (Å²) in [6.45, 7) is 1.95. The van der Waals surface area contributed by atoms with E-state index < -0.39 is 11.8 Å². The van der Waals surface area contributed by atoms with E-state index in [1.165, 1.54) is 0 Å². The van der Waals surface area contributed by atoms with Gasteiger partial charge in [-0.05, 0) is 46.7 Å². The Bertz CT molecular complexity index is 1190. The largest absolute Gasteiger partial charge is 0.329 e. The van der Waals surface area contributed by atoms with Crippen molar-refractivity contribution in [3.05, 3.63) is 90.0 Å². The zero-order valence-electron chi connectivity index (χ0n) is 15.8. The average molecular weight is 381 g/mol. The van der Waals surface area contributed by atoms with Gasteiger partial charge < -0.3 is 5.32 Å². The van der Waals surface area contributed by atoms with Crippen molar-refractivity contribution >= 4 is 45.3 Å². The topological polar surface area (TPSA) is 70.6 Å². The minimum Gasteiger partial charge on any atom is -0.318 e. The fourth-order valence-corrected chi connectivity index (χ4v) is 3.22. The van der Waals surface area contributed by atoms with Crippen LogP contribution >= 0.6 is 0 Å². The van der Waals surface area contributed by atoms with Gasteiger partial charge in [0.15, 0.2) is 0 Å². The van der Waals surface area contributed by atoms with Crippen molar-refractivity contribution in [3.63, 3.8) is 0 Å². The number of hydrazone groups is 1.